The highest BCUT2D eigenvalue weighted by Crippen LogP contribution is 2.38. The van der Waals surface area contributed by atoms with Crippen LogP contribution in [-0.2, 0) is 0 Å². The fourth-order valence-electron chi connectivity index (χ4n) is 3.07. The minimum atomic E-state index is 1.06. The van der Waals surface area contributed by atoms with Gasteiger partial charge < -0.3 is 0 Å². The number of hydrogen-bond acceptors (Lipinski definition) is 2. The summed E-state index contributed by atoms with van der Waals surface area (Å²) in [6, 6.07) is 23.6. The third-order valence-corrected chi connectivity index (χ3v) is 5.17. The molecule has 0 aliphatic rings. The molecule has 0 atom stereocenters. The number of hydrogen-bond donors (Lipinski definition) is 0. The number of para-hydroxylation sites is 1. The van der Waals surface area contributed by atoms with E-state index in [1.165, 1.54) is 30.9 Å². The van der Waals surface area contributed by atoms with Gasteiger partial charge in [0.15, 0.2) is 0 Å². The predicted octanol–water partition coefficient (Wildman–Crippen LogP) is 5.76. The van der Waals surface area contributed by atoms with Crippen molar-refractivity contribution in [3.63, 3.8) is 0 Å². The number of thiophene rings is 1. The van der Waals surface area contributed by atoms with Crippen LogP contribution in [-0.4, -0.2) is 4.98 Å². The van der Waals surface area contributed by atoms with Gasteiger partial charge in [0.25, 0.3) is 0 Å². The topological polar surface area (TPSA) is 12.9 Å². The van der Waals surface area contributed by atoms with Crippen molar-refractivity contribution in [1.82, 2.24) is 4.98 Å². The SMILES string of the molecule is c1ccc2nc3ccc4sc5ccccc5c4c3cc2c1. The molecule has 0 saturated carbocycles. The minimum Gasteiger partial charge on any atom is -0.248 e. The van der Waals surface area contributed by atoms with Gasteiger partial charge in [-0.1, -0.05) is 36.4 Å². The maximum atomic E-state index is 4.82. The van der Waals surface area contributed by atoms with Crippen LogP contribution in [0.2, 0.25) is 0 Å². The van der Waals surface area contributed by atoms with Gasteiger partial charge in [0.1, 0.15) is 0 Å². The van der Waals surface area contributed by atoms with E-state index in [0.717, 1.165) is 11.0 Å². The Balaban J connectivity index is 2.09. The predicted molar refractivity (Wildman–Crippen MR) is 92.1 cm³/mol. The summed E-state index contributed by atoms with van der Waals surface area (Å²) in [4.78, 5) is 4.82. The van der Waals surface area contributed by atoms with Gasteiger partial charge in [-0.15, -0.1) is 11.3 Å². The lowest BCUT2D eigenvalue weighted by molar-refractivity contribution is 1.51. The second-order valence-corrected chi connectivity index (χ2v) is 6.37. The largest absolute Gasteiger partial charge is 0.248 e. The zero-order valence-electron chi connectivity index (χ0n) is 11.2. The molecule has 2 heteroatoms. The highest BCUT2D eigenvalue weighted by Gasteiger charge is 2.09. The molecule has 0 aliphatic carbocycles. The van der Waals surface area contributed by atoms with E-state index < -0.39 is 0 Å². The van der Waals surface area contributed by atoms with Crippen molar-refractivity contribution >= 4 is 53.3 Å². The van der Waals surface area contributed by atoms with Gasteiger partial charge >= 0.3 is 0 Å². The van der Waals surface area contributed by atoms with Crippen molar-refractivity contribution < 1.29 is 0 Å². The number of pyridine rings is 1. The molecular formula is C19H11NS. The molecule has 0 radical (unpaired) electrons. The van der Waals surface area contributed by atoms with Gasteiger partial charge in [0.2, 0.25) is 0 Å². The van der Waals surface area contributed by atoms with E-state index in [9.17, 15) is 0 Å². The minimum absolute atomic E-state index is 1.06. The standard InChI is InChI=1S/C19H11NS/c1-3-7-15-12(5-1)11-14-16(20-15)9-10-18-19(14)13-6-2-4-8-17(13)21-18/h1-11H. The number of aromatic nitrogens is 1. The monoisotopic (exact) mass is 285 g/mol. The van der Waals surface area contributed by atoms with Gasteiger partial charge in [0.05, 0.1) is 11.0 Å². The van der Waals surface area contributed by atoms with Crippen molar-refractivity contribution in [3.8, 4) is 0 Å². The molecule has 0 amide bonds. The third-order valence-electron chi connectivity index (χ3n) is 4.04. The molecular weight excluding hydrogens is 274 g/mol. The molecule has 3 aromatic carbocycles. The molecule has 0 saturated heterocycles. The molecule has 0 fully saturated rings. The Morgan fingerprint density at radius 1 is 0.667 bits per heavy atom. The van der Waals surface area contributed by atoms with Gasteiger partial charge in [-0.25, -0.2) is 4.98 Å². The quantitative estimate of drug-likeness (QED) is 0.330. The Hall–Kier alpha value is -2.45. The number of benzene rings is 3. The summed E-state index contributed by atoms with van der Waals surface area (Å²) >= 11 is 1.85. The maximum absolute atomic E-state index is 4.82. The first kappa shape index (κ1) is 11.2. The van der Waals surface area contributed by atoms with E-state index in [0.29, 0.717) is 0 Å². The molecule has 0 unspecified atom stereocenters. The van der Waals surface area contributed by atoms with Crippen LogP contribution in [0.4, 0.5) is 0 Å². The van der Waals surface area contributed by atoms with E-state index in [1.54, 1.807) is 0 Å². The van der Waals surface area contributed by atoms with Crippen LogP contribution < -0.4 is 0 Å². The summed E-state index contributed by atoms with van der Waals surface area (Å²) < 4.78 is 2.67. The normalized spacial score (nSPS) is 11.8. The summed E-state index contributed by atoms with van der Waals surface area (Å²) in [7, 11) is 0. The molecule has 0 spiro atoms. The molecule has 0 bridgehead atoms. The smallest absolute Gasteiger partial charge is 0.0717 e. The van der Waals surface area contributed by atoms with Crippen LogP contribution in [0.3, 0.4) is 0 Å². The van der Waals surface area contributed by atoms with Crippen LogP contribution in [0, 0.1) is 0 Å². The lowest BCUT2D eigenvalue weighted by Gasteiger charge is -2.03. The second-order valence-electron chi connectivity index (χ2n) is 5.28. The lowest BCUT2D eigenvalue weighted by atomic mass is 10.0. The fraction of sp³-hybridized carbons (Fsp3) is 0. The molecule has 5 rings (SSSR count). The maximum Gasteiger partial charge on any atom is 0.0717 e. The van der Waals surface area contributed by atoms with Gasteiger partial charge in [-0.2, -0.15) is 0 Å². The van der Waals surface area contributed by atoms with Crippen molar-refractivity contribution in [2.45, 2.75) is 0 Å². The Labute approximate surface area is 125 Å². The zero-order chi connectivity index (χ0) is 13.8. The van der Waals surface area contributed by atoms with Crippen molar-refractivity contribution in [3.05, 3.63) is 66.7 Å². The number of fused-ring (bicyclic) bond motifs is 6. The van der Waals surface area contributed by atoms with Gasteiger partial charge in [-0.3, -0.25) is 0 Å². The zero-order valence-corrected chi connectivity index (χ0v) is 12.0. The van der Waals surface area contributed by atoms with Gasteiger partial charge in [-0.05, 0) is 30.3 Å². The molecule has 0 N–H and O–H groups in total. The van der Waals surface area contributed by atoms with Crippen LogP contribution in [0.1, 0.15) is 0 Å². The number of nitrogens with zero attached hydrogens (tertiary/aromatic N) is 1. The van der Waals surface area contributed by atoms with Crippen molar-refractivity contribution in [2.75, 3.05) is 0 Å². The first-order valence-electron chi connectivity index (χ1n) is 7.00. The molecule has 5 aromatic rings. The van der Waals surface area contributed by atoms with Crippen molar-refractivity contribution in [1.29, 1.82) is 0 Å². The Morgan fingerprint density at radius 2 is 1.52 bits per heavy atom. The molecule has 2 heterocycles. The van der Waals surface area contributed by atoms with Crippen LogP contribution in [0.25, 0.3) is 42.0 Å². The fourth-order valence-corrected chi connectivity index (χ4v) is 4.19. The molecule has 0 aliphatic heterocycles. The van der Waals surface area contributed by atoms with E-state index in [4.69, 9.17) is 4.98 Å². The van der Waals surface area contributed by atoms with Crippen molar-refractivity contribution in [2.24, 2.45) is 0 Å². The lowest BCUT2D eigenvalue weighted by Crippen LogP contribution is -1.82. The Kier molecular flexibility index (Phi) is 2.15. The Bertz CT molecular complexity index is 1140. The summed E-state index contributed by atoms with van der Waals surface area (Å²) in [5.41, 5.74) is 2.13. The summed E-state index contributed by atoms with van der Waals surface area (Å²) in [6.45, 7) is 0. The molecule has 98 valence electrons. The van der Waals surface area contributed by atoms with E-state index in [1.807, 2.05) is 17.4 Å². The highest BCUT2D eigenvalue weighted by atomic mass is 32.1. The number of rotatable bonds is 0. The highest BCUT2D eigenvalue weighted by molar-refractivity contribution is 7.26. The molecule has 1 nitrogen and oxygen atoms in total. The first-order valence-corrected chi connectivity index (χ1v) is 7.81. The van der Waals surface area contributed by atoms with E-state index in [2.05, 4.69) is 60.7 Å². The van der Waals surface area contributed by atoms with Gasteiger partial charge in [0, 0.05) is 30.9 Å². The van der Waals surface area contributed by atoms with Crippen LogP contribution >= 0.6 is 11.3 Å². The summed E-state index contributed by atoms with van der Waals surface area (Å²) in [6.07, 6.45) is 0. The summed E-state index contributed by atoms with van der Waals surface area (Å²) in [5.74, 6) is 0. The van der Waals surface area contributed by atoms with E-state index in [-0.39, 0.29) is 0 Å². The van der Waals surface area contributed by atoms with Crippen LogP contribution in [0.15, 0.2) is 66.7 Å². The second kappa shape index (κ2) is 4.03. The van der Waals surface area contributed by atoms with Crippen LogP contribution in [0.5, 0.6) is 0 Å². The average molecular weight is 285 g/mol. The molecule has 2 aromatic heterocycles. The summed E-state index contributed by atoms with van der Waals surface area (Å²) in [5, 5.41) is 5.13. The Morgan fingerprint density at radius 3 is 2.52 bits per heavy atom. The molecule has 21 heavy (non-hydrogen) atoms. The third kappa shape index (κ3) is 1.54. The van der Waals surface area contributed by atoms with E-state index >= 15 is 0 Å². The average Bonchev–Trinajstić information content (AvgIpc) is 2.92. The first-order chi connectivity index (χ1) is 10.4.